The number of nitrogens with one attached hydrogen (secondary N) is 1. The first-order valence-electron chi connectivity index (χ1n) is 8.19. The second kappa shape index (κ2) is 6.50. The number of phenols is 1. The van der Waals surface area contributed by atoms with Crippen LogP contribution in [0.25, 0.3) is 22.0 Å². The largest absolute Gasteiger partial charge is 0.508 e. The summed E-state index contributed by atoms with van der Waals surface area (Å²) in [5.41, 5.74) is 4.33. The molecule has 0 spiro atoms. The third-order valence-corrected chi connectivity index (χ3v) is 5.57. The second-order valence-electron chi connectivity index (χ2n) is 6.33. The first-order chi connectivity index (χ1) is 12.5. The zero-order chi connectivity index (χ0) is 18.4. The van der Waals surface area contributed by atoms with Crippen molar-refractivity contribution in [2.45, 2.75) is 13.0 Å². The van der Waals surface area contributed by atoms with E-state index in [-0.39, 0.29) is 11.7 Å². The highest BCUT2D eigenvalue weighted by Crippen LogP contribution is 2.42. The van der Waals surface area contributed by atoms with Crippen molar-refractivity contribution in [1.29, 1.82) is 0 Å². The van der Waals surface area contributed by atoms with Gasteiger partial charge in [-0.2, -0.15) is 0 Å². The normalized spacial score (nSPS) is 13.9. The van der Waals surface area contributed by atoms with Crippen LogP contribution >= 0.6 is 23.2 Å². The van der Waals surface area contributed by atoms with Crippen LogP contribution in [0.5, 0.6) is 5.75 Å². The van der Waals surface area contributed by atoms with Crippen LogP contribution in [-0.4, -0.2) is 39.2 Å². The van der Waals surface area contributed by atoms with Crippen LogP contribution in [0.2, 0.25) is 10.0 Å². The molecule has 3 aromatic rings. The van der Waals surface area contributed by atoms with Gasteiger partial charge in [0.05, 0.1) is 15.6 Å². The van der Waals surface area contributed by atoms with E-state index in [2.05, 4.69) is 4.98 Å². The van der Waals surface area contributed by atoms with Crippen molar-refractivity contribution in [3.63, 3.8) is 0 Å². The fourth-order valence-electron chi connectivity index (χ4n) is 3.55. The van der Waals surface area contributed by atoms with Crippen molar-refractivity contribution in [3.8, 4) is 16.9 Å². The van der Waals surface area contributed by atoms with Gasteiger partial charge in [-0.25, -0.2) is 0 Å². The Hall–Kier alpha value is -2.21. The van der Waals surface area contributed by atoms with E-state index < -0.39 is 6.61 Å². The first kappa shape index (κ1) is 17.2. The Labute approximate surface area is 159 Å². The number of fused-ring (bicyclic) bond motifs is 3. The summed E-state index contributed by atoms with van der Waals surface area (Å²) in [5.74, 6) is -0.146. The number of rotatable bonds is 2. The quantitative estimate of drug-likeness (QED) is 0.623. The second-order valence-corrected chi connectivity index (χ2v) is 7.11. The lowest BCUT2D eigenvalue weighted by molar-refractivity contribution is -0.135. The number of H-pyrrole nitrogens is 1. The first-order valence-corrected chi connectivity index (χ1v) is 8.94. The molecule has 0 bridgehead atoms. The average molecular weight is 391 g/mol. The van der Waals surface area contributed by atoms with E-state index in [9.17, 15) is 15.0 Å². The minimum Gasteiger partial charge on any atom is -0.508 e. The molecule has 26 heavy (non-hydrogen) atoms. The molecule has 0 saturated carbocycles. The lowest BCUT2D eigenvalue weighted by Crippen LogP contribution is -2.37. The molecule has 0 radical (unpaired) electrons. The number of hydrogen-bond acceptors (Lipinski definition) is 3. The Bertz CT molecular complexity index is 1030. The Morgan fingerprint density at radius 2 is 2.08 bits per heavy atom. The molecule has 2 heterocycles. The summed E-state index contributed by atoms with van der Waals surface area (Å²) in [6.45, 7) is 0.411. The molecule has 1 aromatic heterocycles. The summed E-state index contributed by atoms with van der Waals surface area (Å²) < 4.78 is 0. The minimum absolute atomic E-state index is 0.156. The van der Waals surface area contributed by atoms with Gasteiger partial charge in [0.25, 0.3) is 0 Å². The van der Waals surface area contributed by atoms with E-state index in [0.717, 1.165) is 33.3 Å². The highest BCUT2D eigenvalue weighted by Gasteiger charge is 2.26. The average Bonchev–Trinajstić information content (AvgIpc) is 3.03. The van der Waals surface area contributed by atoms with Gasteiger partial charge in [0.15, 0.2) is 0 Å². The van der Waals surface area contributed by atoms with Gasteiger partial charge in [-0.15, -0.1) is 0 Å². The molecule has 1 aliphatic heterocycles. The van der Waals surface area contributed by atoms with E-state index in [1.54, 1.807) is 29.2 Å². The number of halogens is 2. The van der Waals surface area contributed by atoms with Crippen molar-refractivity contribution in [3.05, 3.63) is 51.6 Å². The van der Waals surface area contributed by atoms with Crippen molar-refractivity contribution < 1.29 is 15.0 Å². The van der Waals surface area contributed by atoms with Gasteiger partial charge in [0, 0.05) is 36.2 Å². The predicted octanol–water partition coefficient (Wildman–Crippen LogP) is 3.72. The number of benzene rings is 2. The molecule has 134 valence electrons. The van der Waals surface area contributed by atoms with Gasteiger partial charge < -0.3 is 20.1 Å². The minimum atomic E-state index is -0.510. The fraction of sp³-hybridized carbons (Fsp3) is 0.211. The van der Waals surface area contributed by atoms with Crippen molar-refractivity contribution in [2.75, 3.05) is 13.2 Å². The number of nitrogens with zero attached hydrogens (tertiary/aromatic N) is 1. The number of aliphatic hydroxyl groups excluding tert-OH is 1. The Kier molecular flexibility index (Phi) is 4.31. The number of carbonyl (C=O) groups excluding carboxylic acids is 1. The molecule has 7 heteroatoms. The molecule has 5 nitrogen and oxygen atoms in total. The van der Waals surface area contributed by atoms with Gasteiger partial charge in [0.2, 0.25) is 5.91 Å². The molecule has 0 atom stereocenters. The third kappa shape index (κ3) is 2.72. The van der Waals surface area contributed by atoms with Gasteiger partial charge in [-0.05, 0) is 29.3 Å². The molecule has 1 amide bonds. The van der Waals surface area contributed by atoms with E-state index in [0.29, 0.717) is 29.6 Å². The van der Waals surface area contributed by atoms with Crippen molar-refractivity contribution >= 4 is 40.0 Å². The van der Waals surface area contributed by atoms with E-state index in [1.165, 1.54) is 0 Å². The number of amides is 1. The molecule has 0 fully saturated rings. The van der Waals surface area contributed by atoms with Crippen LogP contribution in [0.1, 0.15) is 11.3 Å². The monoisotopic (exact) mass is 390 g/mol. The standard InChI is InChI=1S/C19H16Cl2N2O3/c20-14-7-12(10-2-1-3-11(25)6-10)17-13-8-23(16(26)9-24)5-4-15(13)22-19(17)18(14)21/h1-3,6-7,22,24-25H,4-5,8-9H2. The number of aromatic amines is 1. The Morgan fingerprint density at radius 3 is 2.81 bits per heavy atom. The topological polar surface area (TPSA) is 76.6 Å². The summed E-state index contributed by atoms with van der Waals surface area (Å²) in [5, 5.41) is 20.8. The molecule has 0 aliphatic carbocycles. The highest BCUT2D eigenvalue weighted by atomic mass is 35.5. The summed E-state index contributed by atoms with van der Waals surface area (Å²) in [6, 6.07) is 8.70. The SMILES string of the molecule is O=C(CO)N1CCc2[nH]c3c(Cl)c(Cl)cc(-c4cccc(O)c4)c3c2C1. The fourth-order valence-corrected chi connectivity index (χ4v) is 3.95. The maximum absolute atomic E-state index is 11.9. The summed E-state index contributed by atoms with van der Waals surface area (Å²) in [7, 11) is 0. The molecule has 3 N–H and O–H groups in total. The predicted molar refractivity (Wildman–Crippen MR) is 102 cm³/mol. The summed E-state index contributed by atoms with van der Waals surface area (Å²) in [6.07, 6.45) is 0.642. The third-order valence-electron chi connectivity index (χ3n) is 4.79. The number of aliphatic hydroxyl groups is 1. The van der Waals surface area contributed by atoms with Gasteiger partial charge in [-0.3, -0.25) is 4.79 Å². The summed E-state index contributed by atoms with van der Waals surface area (Å²) in [4.78, 5) is 16.9. The molecule has 4 rings (SSSR count). The number of aromatic hydroxyl groups is 1. The van der Waals surface area contributed by atoms with Gasteiger partial charge in [0.1, 0.15) is 12.4 Å². The molecule has 2 aromatic carbocycles. The van der Waals surface area contributed by atoms with Crippen LogP contribution in [0.3, 0.4) is 0 Å². The zero-order valence-corrected chi connectivity index (χ0v) is 15.2. The Balaban J connectivity index is 1.97. The van der Waals surface area contributed by atoms with Gasteiger partial charge in [-0.1, -0.05) is 35.3 Å². The number of carbonyl (C=O) groups is 1. The molecule has 0 unspecified atom stereocenters. The molecular formula is C19H16Cl2N2O3. The van der Waals surface area contributed by atoms with Crippen LogP contribution in [0, 0.1) is 0 Å². The lowest BCUT2D eigenvalue weighted by atomic mass is 9.96. The van der Waals surface area contributed by atoms with Crippen LogP contribution in [0.4, 0.5) is 0 Å². The number of hydrogen-bond donors (Lipinski definition) is 3. The lowest BCUT2D eigenvalue weighted by Gasteiger charge is -2.27. The number of phenolic OH excluding ortho intramolecular Hbond substituents is 1. The van der Waals surface area contributed by atoms with E-state index >= 15 is 0 Å². The van der Waals surface area contributed by atoms with Crippen LogP contribution in [0.15, 0.2) is 30.3 Å². The smallest absolute Gasteiger partial charge is 0.248 e. The Morgan fingerprint density at radius 1 is 1.27 bits per heavy atom. The maximum Gasteiger partial charge on any atom is 0.248 e. The van der Waals surface area contributed by atoms with E-state index in [4.69, 9.17) is 23.2 Å². The van der Waals surface area contributed by atoms with Crippen molar-refractivity contribution in [1.82, 2.24) is 9.88 Å². The molecule has 0 saturated heterocycles. The van der Waals surface area contributed by atoms with Crippen LogP contribution in [-0.2, 0) is 17.8 Å². The number of aromatic nitrogens is 1. The van der Waals surface area contributed by atoms with Crippen molar-refractivity contribution in [2.24, 2.45) is 0 Å². The molecular weight excluding hydrogens is 375 g/mol. The van der Waals surface area contributed by atoms with E-state index in [1.807, 2.05) is 6.07 Å². The van der Waals surface area contributed by atoms with Crippen LogP contribution < -0.4 is 0 Å². The molecule has 1 aliphatic rings. The zero-order valence-electron chi connectivity index (χ0n) is 13.7. The summed E-state index contributed by atoms with van der Waals surface area (Å²) >= 11 is 12.8. The highest BCUT2D eigenvalue weighted by molar-refractivity contribution is 6.45. The maximum atomic E-state index is 11.9. The van der Waals surface area contributed by atoms with Gasteiger partial charge >= 0.3 is 0 Å².